The molecule has 1 saturated heterocycles. The Labute approximate surface area is 77.2 Å². The van der Waals surface area contributed by atoms with Crippen LogP contribution >= 0.6 is 0 Å². The van der Waals surface area contributed by atoms with Gasteiger partial charge in [-0.3, -0.25) is 9.59 Å². The Kier molecular flexibility index (Phi) is 3.03. The van der Waals surface area contributed by atoms with Gasteiger partial charge in [-0.2, -0.15) is 0 Å². The van der Waals surface area contributed by atoms with Gasteiger partial charge >= 0.3 is 5.97 Å². The number of hydrogen-bond donors (Lipinski definition) is 0. The smallest absolute Gasteiger partial charge is 0.318 e. The van der Waals surface area contributed by atoms with Crippen LogP contribution in [0, 0.1) is 5.92 Å². The van der Waals surface area contributed by atoms with Crippen LogP contribution in [0.4, 0.5) is 0 Å². The van der Waals surface area contributed by atoms with Crippen LogP contribution in [0.2, 0.25) is 0 Å². The Morgan fingerprint density at radius 3 is 2.62 bits per heavy atom. The van der Waals surface area contributed by atoms with Gasteiger partial charge in [0.2, 0.25) is 0 Å². The summed E-state index contributed by atoms with van der Waals surface area (Å²) in [6.45, 7) is 3.54. The first-order chi connectivity index (χ1) is 6.06. The van der Waals surface area contributed by atoms with Crippen molar-refractivity contribution in [3.05, 3.63) is 0 Å². The standard InChI is InChI=1S/C9H14O4/c1-5-4-7(10)8(6(2)13-5)9(11)12-3/h5-6,8H,4H2,1-3H3/t5-,6+,8+/m0/s1. The van der Waals surface area contributed by atoms with E-state index in [2.05, 4.69) is 4.74 Å². The van der Waals surface area contributed by atoms with Gasteiger partial charge in [-0.15, -0.1) is 0 Å². The van der Waals surface area contributed by atoms with Gasteiger partial charge in [0.1, 0.15) is 5.92 Å². The van der Waals surface area contributed by atoms with Gasteiger partial charge in [-0.05, 0) is 13.8 Å². The maximum atomic E-state index is 11.4. The molecule has 0 aromatic heterocycles. The van der Waals surface area contributed by atoms with E-state index in [0.717, 1.165) is 0 Å². The first-order valence-electron chi connectivity index (χ1n) is 4.32. The Hall–Kier alpha value is -0.900. The third-order valence-electron chi connectivity index (χ3n) is 2.21. The van der Waals surface area contributed by atoms with Crippen LogP contribution in [0.3, 0.4) is 0 Å². The molecule has 0 aromatic carbocycles. The van der Waals surface area contributed by atoms with E-state index in [1.807, 2.05) is 6.92 Å². The largest absolute Gasteiger partial charge is 0.468 e. The summed E-state index contributed by atoms with van der Waals surface area (Å²) in [5, 5.41) is 0. The van der Waals surface area contributed by atoms with Crippen molar-refractivity contribution >= 4 is 11.8 Å². The number of ether oxygens (including phenoxy) is 2. The quantitative estimate of drug-likeness (QED) is 0.443. The van der Waals surface area contributed by atoms with E-state index >= 15 is 0 Å². The lowest BCUT2D eigenvalue weighted by molar-refractivity contribution is -0.164. The minimum atomic E-state index is -0.735. The molecule has 4 nitrogen and oxygen atoms in total. The van der Waals surface area contributed by atoms with E-state index in [9.17, 15) is 9.59 Å². The summed E-state index contributed by atoms with van der Waals surface area (Å²) in [4.78, 5) is 22.6. The van der Waals surface area contributed by atoms with E-state index in [0.29, 0.717) is 6.42 Å². The zero-order chi connectivity index (χ0) is 10.0. The molecule has 0 aliphatic carbocycles. The van der Waals surface area contributed by atoms with Crippen molar-refractivity contribution in [3.8, 4) is 0 Å². The average Bonchev–Trinajstić information content (AvgIpc) is 2.02. The number of carbonyl (C=O) groups excluding carboxylic acids is 2. The summed E-state index contributed by atoms with van der Waals surface area (Å²) < 4.78 is 9.90. The van der Waals surface area contributed by atoms with Crippen molar-refractivity contribution in [2.75, 3.05) is 7.11 Å². The molecule has 1 heterocycles. The first-order valence-corrected chi connectivity index (χ1v) is 4.32. The van der Waals surface area contributed by atoms with Crippen molar-refractivity contribution in [2.24, 2.45) is 5.92 Å². The Morgan fingerprint density at radius 2 is 2.15 bits per heavy atom. The number of ketones is 1. The molecule has 0 unspecified atom stereocenters. The summed E-state index contributed by atoms with van der Waals surface area (Å²) >= 11 is 0. The van der Waals surface area contributed by atoms with E-state index in [4.69, 9.17) is 4.74 Å². The summed E-state index contributed by atoms with van der Waals surface area (Å²) in [7, 11) is 1.28. The zero-order valence-electron chi connectivity index (χ0n) is 8.07. The molecule has 0 N–H and O–H groups in total. The third-order valence-corrected chi connectivity index (χ3v) is 2.21. The number of carbonyl (C=O) groups is 2. The molecule has 0 amide bonds. The maximum Gasteiger partial charge on any atom is 0.318 e. The topological polar surface area (TPSA) is 52.6 Å². The molecule has 0 bridgehead atoms. The van der Waals surface area contributed by atoms with Crippen LogP contribution in [-0.2, 0) is 19.1 Å². The number of hydrogen-bond acceptors (Lipinski definition) is 4. The molecule has 0 radical (unpaired) electrons. The average molecular weight is 186 g/mol. The highest BCUT2D eigenvalue weighted by Gasteiger charge is 2.39. The van der Waals surface area contributed by atoms with Crippen LogP contribution in [0.15, 0.2) is 0 Å². The second kappa shape index (κ2) is 3.87. The summed E-state index contributed by atoms with van der Waals surface area (Å²) in [5.41, 5.74) is 0. The van der Waals surface area contributed by atoms with Crippen LogP contribution in [0.25, 0.3) is 0 Å². The normalized spacial score (nSPS) is 34.4. The van der Waals surface area contributed by atoms with E-state index in [-0.39, 0.29) is 18.0 Å². The summed E-state index contributed by atoms with van der Waals surface area (Å²) in [5.74, 6) is -1.32. The summed E-state index contributed by atoms with van der Waals surface area (Å²) in [6, 6.07) is 0. The second-order valence-electron chi connectivity index (χ2n) is 3.32. The van der Waals surface area contributed by atoms with Crippen LogP contribution in [0.5, 0.6) is 0 Å². The van der Waals surface area contributed by atoms with E-state index < -0.39 is 11.9 Å². The van der Waals surface area contributed by atoms with Gasteiger partial charge in [0.25, 0.3) is 0 Å². The van der Waals surface area contributed by atoms with E-state index in [1.54, 1.807) is 6.92 Å². The fourth-order valence-electron chi connectivity index (χ4n) is 1.62. The predicted molar refractivity (Wildman–Crippen MR) is 45.1 cm³/mol. The van der Waals surface area contributed by atoms with Crippen molar-refractivity contribution in [3.63, 3.8) is 0 Å². The molecule has 1 aliphatic rings. The number of Topliss-reactive ketones (excluding diaryl/α,β-unsaturated/α-hetero) is 1. The monoisotopic (exact) mass is 186 g/mol. The number of methoxy groups -OCH3 is 1. The first kappa shape index (κ1) is 10.2. The molecule has 1 rings (SSSR count). The lowest BCUT2D eigenvalue weighted by Crippen LogP contribution is -2.43. The zero-order valence-corrected chi connectivity index (χ0v) is 8.07. The van der Waals surface area contributed by atoms with Gasteiger partial charge in [0.15, 0.2) is 5.78 Å². The van der Waals surface area contributed by atoms with Crippen molar-refractivity contribution < 1.29 is 19.1 Å². The highest BCUT2D eigenvalue weighted by Crippen LogP contribution is 2.22. The van der Waals surface area contributed by atoms with Crippen LogP contribution < -0.4 is 0 Å². The SMILES string of the molecule is COC(=O)[C@H]1C(=O)C[C@H](C)O[C@@H]1C. The fourth-order valence-corrected chi connectivity index (χ4v) is 1.62. The van der Waals surface area contributed by atoms with Crippen molar-refractivity contribution in [2.45, 2.75) is 32.5 Å². The van der Waals surface area contributed by atoms with Gasteiger partial charge < -0.3 is 9.47 Å². The molecule has 1 fully saturated rings. The Bertz CT molecular complexity index is 224. The minimum Gasteiger partial charge on any atom is -0.468 e. The van der Waals surface area contributed by atoms with Gasteiger partial charge in [0, 0.05) is 6.42 Å². The highest BCUT2D eigenvalue weighted by atomic mass is 16.5. The molecule has 0 spiro atoms. The molecule has 0 saturated carbocycles. The van der Waals surface area contributed by atoms with Gasteiger partial charge in [-0.1, -0.05) is 0 Å². The number of rotatable bonds is 1. The van der Waals surface area contributed by atoms with Gasteiger partial charge in [0.05, 0.1) is 19.3 Å². The molecular weight excluding hydrogens is 172 g/mol. The van der Waals surface area contributed by atoms with E-state index in [1.165, 1.54) is 7.11 Å². The van der Waals surface area contributed by atoms with Gasteiger partial charge in [-0.25, -0.2) is 0 Å². The molecule has 0 aromatic rings. The van der Waals surface area contributed by atoms with Crippen molar-refractivity contribution in [1.29, 1.82) is 0 Å². The molecule has 1 aliphatic heterocycles. The van der Waals surface area contributed by atoms with Crippen LogP contribution in [0.1, 0.15) is 20.3 Å². The molecule has 13 heavy (non-hydrogen) atoms. The minimum absolute atomic E-state index is 0.0851. The lowest BCUT2D eigenvalue weighted by Gasteiger charge is -2.29. The highest BCUT2D eigenvalue weighted by molar-refractivity contribution is 6.00. The third kappa shape index (κ3) is 2.06. The lowest BCUT2D eigenvalue weighted by atomic mass is 9.91. The Morgan fingerprint density at radius 1 is 1.54 bits per heavy atom. The Balaban J connectivity index is 2.72. The molecule has 4 heteroatoms. The molecule has 3 atom stereocenters. The summed E-state index contributed by atoms with van der Waals surface area (Å²) in [6.07, 6.45) is -0.170. The van der Waals surface area contributed by atoms with Crippen LogP contribution in [-0.4, -0.2) is 31.1 Å². The fraction of sp³-hybridized carbons (Fsp3) is 0.778. The molecular formula is C9H14O4. The maximum absolute atomic E-state index is 11.4. The predicted octanol–water partition coefficient (Wildman–Crippen LogP) is 0.542. The van der Waals surface area contributed by atoms with Crippen molar-refractivity contribution in [1.82, 2.24) is 0 Å². The second-order valence-corrected chi connectivity index (χ2v) is 3.32. The number of esters is 1. The molecule has 74 valence electrons.